The van der Waals surface area contributed by atoms with Gasteiger partial charge >= 0.3 is 0 Å². The molecular weight excluding hydrogens is 450 g/mol. The number of hydrogen-bond donors (Lipinski definition) is 1. The molecule has 7 nitrogen and oxygen atoms in total. The van der Waals surface area contributed by atoms with Crippen LogP contribution in [-0.4, -0.2) is 63.4 Å². The number of sulfonamides is 1. The van der Waals surface area contributed by atoms with E-state index in [1.54, 1.807) is 18.2 Å². The highest BCUT2D eigenvalue weighted by molar-refractivity contribution is 7.89. The standard InChI is InChI=1S/C26H29N3O4S/c1-28(19-21-10-12-23(13-11-21)22-6-3-2-4-7-22)20-26(30)27-24-8-5-9-25(18-24)34(31,32)29-14-16-33-17-15-29/h2-13,18H,14-17,19-20H2,1H3,(H,27,30). The number of hydrogen-bond acceptors (Lipinski definition) is 5. The Bertz CT molecular complexity index is 1210. The summed E-state index contributed by atoms with van der Waals surface area (Å²) in [4.78, 5) is 14.7. The van der Waals surface area contributed by atoms with Crippen LogP contribution in [0, 0.1) is 0 Å². The Morgan fingerprint density at radius 3 is 2.32 bits per heavy atom. The molecule has 0 aliphatic carbocycles. The highest BCUT2D eigenvalue weighted by atomic mass is 32.2. The van der Waals surface area contributed by atoms with Gasteiger partial charge in [-0.05, 0) is 41.9 Å². The van der Waals surface area contributed by atoms with Crippen molar-refractivity contribution in [1.82, 2.24) is 9.21 Å². The van der Waals surface area contributed by atoms with Crippen molar-refractivity contribution in [3.8, 4) is 11.1 Å². The van der Waals surface area contributed by atoms with E-state index in [2.05, 4.69) is 41.7 Å². The summed E-state index contributed by atoms with van der Waals surface area (Å²) in [5, 5.41) is 2.82. The van der Waals surface area contributed by atoms with Crippen LogP contribution in [0.3, 0.4) is 0 Å². The number of likely N-dealkylation sites (N-methyl/N-ethyl adjacent to an activating group) is 1. The van der Waals surface area contributed by atoms with Crippen LogP contribution in [0.5, 0.6) is 0 Å². The molecule has 0 spiro atoms. The van der Waals surface area contributed by atoms with Gasteiger partial charge in [0.05, 0.1) is 24.7 Å². The van der Waals surface area contributed by atoms with Gasteiger partial charge in [0.1, 0.15) is 0 Å². The summed E-state index contributed by atoms with van der Waals surface area (Å²) < 4.78 is 32.4. The van der Waals surface area contributed by atoms with Gasteiger partial charge < -0.3 is 10.1 Å². The molecule has 1 fully saturated rings. The average molecular weight is 480 g/mol. The van der Waals surface area contributed by atoms with Crippen molar-refractivity contribution in [1.29, 1.82) is 0 Å². The molecule has 0 radical (unpaired) electrons. The van der Waals surface area contributed by atoms with Crippen LogP contribution in [0.15, 0.2) is 83.8 Å². The van der Waals surface area contributed by atoms with Crippen molar-refractivity contribution in [2.75, 3.05) is 45.2 Å². The van der Waals surface area contributed by atoms with Crippen LogP contribution in [0.25, 0.3) is 11.1 Å². The lowest BCUT2D eigenvalue weighted by molar-refractivity contribution is -0.117. The van der Waals surface area contributed by atoms with Gasteiger partial charge in [-0.15, -0.1) is 0 Å². The maximum atomic E-state index is 12.9. The predicted molar refractivity (Wildman–Crippen MR) is 133 cm³/mol. The van der Waals surface area contributed by atoms with Gasteiger partial charge in [0, 0.05) is 25.3 Å². The molecule has 3 aromatic rings. The SMILES string of the molecule is CN(CC(=O)Nc1cccc(S(=O)(=O)N2CCOCC2)c1)Cc1ccc(-c2ccccc2)cc1. The lowest BCUT2D eigenvalue weighted by Gasteiger charge is -2.26. The largest absolute Gasteiger partial charge is 0.379 e. The van der Waals surface area contributed by atoms with Crippen LogP contribution in [0.4, 0.5) is 5.69 Å². The van der Waals surface area contributed by atoms with Crippen molar-refractivity contribution in [2.24, 2.45) is 0 Å². The number of rotatable bonds is 8. The quantitative estimate of drug-likeness (QED) is 0.536. The summed E-state index contributed by atoms with van der Waals surface area (Å²) in [6.07, 6.45) is 0. The third-order valence-corrected chi connectivity index (χ3v) is 7.55. The zero-order valence-electron chi connectivity index (χ0n) is 19.2. The molecule has 1 amide bonds. The van der Waals surface area contributed by atoms with E-state index in [0.29, 0.717) is 38.5 Å². The van der Waals surface area contributed by atoms with Crippen molar-refractivity contribution in [2.45, 2.75) is 11.4 Å². The van der Waals surface area contributed by atoms with Crippen molar-refractivity contribution in [3.05, 3.63) is 84.4 Å². The summed E-state index contributed by atoms with van der Waals surface area (Å²) in [5.41, 5.74) is 3.88. The number of amides is 1. The fourth-order valence-electron chi connectivity index (χ4n) is 3.92. The van der Waals surface area contributed by atoms with Crippen LogP contribution < -0.4 is 5.32 Å². The molecule has 4 rings (SSSR count). The maximum absolute atomic E-state index is 12.9. The molecule has 1 saturated heterocycles. The average Bonchev–Trinajstić information content (AvgIpc) is 2.85. The van der Waals surface area contributed by atoms with E-state index < -0.39 is 10.0 Å². The molecular formula is C26H29N3O4S. The molecule has 1 heterocycles. The predicted octanol–water partition coefficient (Wildman–Crippen LogP) is 3.45. The second-order valence-corrected chi connectivity index (χ2v) is 10.3. The fraction of sp³-hybridized carbons (Fsp3) is 0.269. The topological polar surface area (TPSA) is 79.0 Å². The smallest absolute Gasteiger partial charge is 0.243 e. The Morgan fingerprint density at radius 2 is 1.62 bits per heavy atom. The van der Waals surface area contributed by atoms with Gasteiger partial charge in [-0.25, -0.2) is 8.42 Å². The number of ether oxygens (including phenoxy) is 1. The molecule has 8 heteroatoms. The van der Waals surface area contributed by atoms with Gasteiger partial charge in [0.15, 0.2) is 0 Å². The molecule has 1 aliphatic heterocycles. The van der Waals surface area contributed by atoms with E-state index in [0.717, 1.165) is 11.1 Å². The van der Waals surface area contributed by atoms with Gasteiger partial charge in [0.2, 0.25) is 15.9 Å². The van der Waals surface area contributed by atoms with E-state index in [9.17, 15) is 13.2 Å². The van der Waals surface area contributed by atoms with Gasteiger partial charge in [-0.2, -0.15) is 4.31 Å². The number of nitrogens with zero attached hydrogens (tertiary/aromatic N) is 2. The minimum atomic E-state index is -3.62. The third kappa shape index (κ3) is 6.09. The van der Waals surface area contributed by atoms with Crippen LogP contribution in [0.2, 0.25) is 0 Å². The first-order chi connectivity index (χ1) is 16.4. The number of nitrogens with one attached hydrogen (secondary N) is 1. The second-order valence-electron chi connectivity index (χ2n) is 8.33. The number of anilines is 1. The lowest BCUT2D eigenvalue weighted by Crippen LogP contribution is -2.40. The Kier molecular flexibility index (Phi) is 7.74. The van der Waals surface area contributed by atoms with Crippen molar-refractivity contribution in [3.63, 3.8) is 0 Å². The normalized spacial score (nSPS) is 14.8. The molecule has 3 aromatic carbocycles. The molecule has 0 aromatic heterocycles. The second kappa shape index (κ2) is 10.9. The van der Waals surface area contributed by atoms with E-state index in [1.165, 1.54) is 15.9 Å². The first-order valence-corrected chi connectivity index (χ1v) is 12.7. The molecule has 0 atom stereocenters. The summed E-state index contributed by atoms with van der Waals surface area (Å²) in [6, 6.07) is 24.9. The minimum absolute atomic E-state index is 0.166. The zero-order valence-corrected chi connectivity index (χ0v) is 20.0. The van der Waals surface area contributed by atoms with Crippen molar-refractivity contribution >= 4 is 21.6 Å². The van der Waals surface area contributed by atoms with Gasteiger partial charge in [-0.3, -0.25) is 9.69 Å². The van der Waals surface area contributed by atoms with Crippen molar-refractivity contribution < 1.29 is 17.9 Å². The molecule has 0 unspecified atom stereocenters. The summed E-state index contributed by atoms with van der Waals surface area (Å²) in [5.74, 6) is -0.204. The lowest BCUT2D eigenvalue weighted by atomic mass is 10.0. The Hall–Kier alpha value is -3.04. The Morgan fingerprint density at radius 1 is 0.941 bits per heavy atom. The fourth-order valence-corrected chi connectivity index (χ4v) is 5.37. The number of benzene rings is 3. The highest BCUT2D eigenvalue weighted by Gasteiger charge is 2.26. The molecule has 34 heavy (non-hydrogen) atoms. The monoisotopic (exact) mass is 479 g/mol. The molecule has 1 aliphatic rings. The number of carbonyl (C=O) groups excluding carboxylic acids is 1. The van der Waals surface area contributed by atoms with E-state index in [4.69, 9.17) is 4.74 Å². The van der Waals surface area contributed by atoms with Crippen LogP contribution in [-0.2, 0) is 26.1 Å². The number of carbonyl (C=O) groups is 1. The molecule has 0 saturated carbocycles. The molecule has 178 valence electrons. The first-order valence-electron chi connectivity index (χ1n) is 11.2. The summed E-state index contributed by atoms with van der Waals surface area (Å²) >= 11 is 0. The van der Waals surface area contributed by atoms with Crippen LogP contribution in [0.1, 0.15) is 5.56 Å². The highest BCUT2D eigenvalue weighted by Crippen LogP contribution is 2.21. The third-order valence-electron chi connectivity index (χ3n) is 5.65. The van der Waals surface area contributed by atoms with Gasteiger partial charge in [0.25, 0.3) is 0 Å². The van der Waals surface area contributed by atoms with E-state index in [-0.39, 0.29) is 17.3 Å². The zero-order chi connectivity index (χ0) is 24.0. The summed E-state index contributed by atoms with van der Waals surface area (Å²) in [6.45, 7) is 2.23. The summed E-state index contributed by atoms with van der Waals surface area (Å²) in [7, 11) is -1.74. The van der Waals surface area contributed by atoms with Crippen LogP contribution >= 0.6 is 0 Å². The van der Waals surface area contributed by atoms with Gasteiger partial charge in [-0.1, -0.05) is 60.7 Å². The Labute approximate surface area is 201 Å². The number of morpholine rings is 1. The molecule has 1 N–H and O–H groups in total. The van der Waals surface area contributed by atoms with E-state index in [1.807, 2.05) is 30.1 Å². The maximum Gasteiger partial charge on any atom is 0.243 e. The van der Waals surface area contributed by atoms with E-state index >= 15 is 0 Å². The molecule has 0 bridgehead atoms. The minimum Gasteiger partial charge on any atom is -0.379 e. The first kappa shape index (κ1) is 24.1. The Balaban J connectivity index is 1.33.